The van der Waals surface area contributed by atoms with Crippen molar-refractivity contribution in [2.24, 2.45) is 34.3 Å². The van der Waals surface area contributed by atoms with Gasteiger partial charge in [0.15, 0.2) is 5.13 Å². The van der Waals surface area contributed by atoms with Crippen LogP contribution in [0.15, 0.2) is 5.38 Å². The third-order valence-electron chi connectivity index (χ3n) is 8.42. The molecule has 2 saturated carbocycles. The van der Waals surface area contributed by atoms with Gasteiger partial charge in [0.25, 0.3) is 0 Å². The molecule has 3 nitrogen and oxygen atoms in total. The lowest BCUT2D eigenvalue weighted by Gasteiger charge is -2.55. The van der Waals surface area contributed by atoms with Gasteiger partial charge in [-0.2, -0.15) is 0 Å². The van der Waals surface area contributed by atoms with Gasteiger partial charge in [0, 0.05) is 24.4 Å². The quantitative estimate of drug-likeness (QED) is 0.725. The highest BCUT2D eigenvalue weighted by atomic mass is 32.1. The van der Waals surface area contributed by atoms with E-state index in [4.69, 9.17) is 10.7 Å². The zero-order valence-corrected chi connectivity index (χ0v) is 18.7. The third-order valence-corrected chi connectivity index (χ3v) is 9.34. The molecule has 3 fully saturated rings. The molecule has 1 saturated heterocycles. The van der Waals surface area contributed by atoms with Crippen LogP contribution in [0, 0.1) is 28.6 Å². The highest BCUT2D eigenvalue weighted by Crippen LogP contribution is 2.59. The summed E-state index contributed by atoms with van der Waals surface area (Å²) < 4.78 is 0. The molecule has 0 bridgehead atoms. The predicted octanol–water partition coefficient (Wildman–Crippen LogP) is 5.66. The summed E-state index contributed by atoms with van der Waals surface area (Å²) in [6.45, 7) is 13.2. The van der Waals surface area contributed by atoms with Crippen LogP contribution < -0.4 is 10.6 Å². The van der Waals surface area contributed by atoms with Crippen molar-refractivity contribution in [2.75, 3.05) is 24.5 Å². The van der Waals surface area contributed by atoms with Crippen molar-refractivity contribution in [1.29, 1.82) is 0 Å². The maximum Gasteiger partial charge on any atom is 0.185 e. The van der Waals surface area contributed by atoms with Crippen molar-refractivity contribution in [3.05, 3.63) is 11.1 Å². The Kier molecular flexibility index (Phi) is 5.35. The van der Waals surface area contributed by atoms with Gasteiger partial charge in [0.05, 0.1) is 5.69 Å². The van der Waals surface area contributed by atoms with Crippen LogP contribution in [-0.2, 0) is 0 Å². The van der Waals surface area contributed by atoms with Gasteiger partial charge >= 0.3 is 0 Å². The molecular weight excluding hydrogens is 350 g/mol. The number of piperidine rings is 1. The SMILES string of the molecule is CC1(C)CCC(C)(C)C2CC(c3csc(N4CCC(CN)CC4)n3)CCC21. The molecule has 0 amide bonds. The lowest BCUT2D eigenvalue weighted by atomic mass is 9.49. The van der Waals surface area contributed by atoms with Crippen LogP contribution in [-0.4, -0.2) is 24.6 Å². The molecule has 27 heavy (non-hydrogen) atoms. The van der Waals surface area contributed by atoms with Crippen LogP contribution in [0.3, 0.4) is 0 Å². The molecule has 1 aliphatic heterocycles. The van der Waals surface area contributed by atoms with Gasteiger partial charge in [0.2, 0.25) is 0 Å². The summed E-state index contributed by atoms with van der Waals surface area (Å²) in [5, 5.41) is 3.63. The van der Waals surface area contributed by atoms with Crippen LogP contribution in [0.1, 0.15) is 84.3 Å². The van der Waals surface area contributed by atoms with Gasteiger partial charge in [-0.1, -0.05) is 27.7 Å². The Labute approximate surface area is 170 Å². The van der Waals surface area contributed by atoms with E-state index in [-0.39, 0.29) is 0 Å². The van der Waals surface area contributed by atoms with Crippen molar-refractivity contribution in [3.63, 3.8) is 0 Å². The summed E-state index contributed by atoms with van der Waals surface area (Å²) in [5.74, 6) is 3.13. The molecule has 2 heterocycles. The lowest BCUT2D eigenvalue weighted by molar-refractivity contribution is -0.0501. The minimum atomic E-state index is 0.488. The van der Waals surface area contributed by atoms with E-state index in [0.717, 1.165) is 31.5 Å². The summed E-state index contributed by atoms with van der Waals surface area (Å²) in [4.78, 5) is 7.64. The zero-order valence-electron chi connectivity index (χ0n) is 17.8. The van der Waals surface area contributed by atoms with Crippen molar-refractivity contribution in [3.8, 4) is 0 Å². The van der Waals surface area contributed by atoms with Crippen LogP contribution in [0.5, 0.6) is 0 Å². The second kappa shape index (κ2) is 7.33. The number of anilines is 1. The largest absolute Gasteiger partial charge is 0.348 e. The number of hydrogen-bond acceptors (Lipinski definition) is 4. The van der Waals surface area contributed by atoms with Gasteiger partial charge < -0.3 is 10.6 Å². The molecule has 3 unspecified atom stereocenters. The Morgan fingerprint density at radius 3 is 2.37 bits per heavy atom. The molecule has 2 N–H and O–H groups in total. The molecule has 152 valence electrons. The summed E-state index contributed by atoms with van der Waals surface area (Å²) in [5.41, 5.74) is 8.24. The van der Waals surface area contributed by atoms with Gasteiger partial charge in [-0.15, -0.1) is 11.3 Å². The maximum absolute atomic E-state index is 5.85. The molecule has 1 aromatic rings. The molecule has 0 spiro atoms. The number of nitrogens with zero attached hydrogens (tertiary/aromatic N) is 2. The first-order valence-electron chi connectivity index (χ1n) is 11.2. The normalized spacial score (nSPS) is 33.7. The monoisotopic (exact) mass is 389 g/mol. The highest BCUT2D eigenvalue weighted by molar-refractivity contribution is 7.13. The fraction of sp³-hybridized carbons (Fsp3) is 0.870. The summed E-state index contributed by atoms with van der Waals surface area (Å²) >= 11 is 1.87. The summed E-state index contributed by atoms with van der Waals surface area (Å²) in [7, 11) is 0. The van der Waals surface area contributed by atoms with E-state index >= 15 is 0 Å². The number of aromatic nitrogens is 1. The van der Waals surface area contributed by atoms with Crippen LogP contribution >= 0.6 is 11.3 Å². The van der Waals surface area contributed by atoms with Crippen molar-refractivity contribution < 1.29 is 0 Å². The number of thiazole rings is 1. The van der Waals surface area contributed by atoms with E-state index in [9.17, 15) is 0 Å². The van der Waals surface area contributed by atoms with Gasteiger partial charge in [-0.05, 0) is 80.1 Å². The van der Waals surface area contributed by atoms with Crippen LogP contribution in [0.2, 0.25) is 0 Å². The first-order valence-corrected chi connectivity index (χ1v) is 12.1. The molecule has 1 aromatic heterocycles. The average Bonchev–Trinajstić information content (AvgIpc) is 3.15. The fourth-order valence-corrected chi connectivity index (χ4v) is 7.18. The van der Waals surface area contributed by atoms with E-state index in [1.54, 1.807) is 0 Å². The molecule has 3 atom stereocenters. The predicted molar refractivity (Wildman–Crippen MR) is 116 cm³/mol. The Bertz CT molecular complexity index is 642. The Morgan fingerprint density at radius 2 is 1.70 bits per heavy atom. The number of fused-ring (bicyclic) bond motifs is 1. The highest BCUT2D eigenvalue weighted by Gasteiger charge is 2.50. The number of hydrogen-bond donors (Lipinski definition) is 1. The van der Waals surface area contributed by atoms with Crippen LogP contribution in [0.4, 0.5) is 5.13 Å². The number of nitrogens with two attached hydrogens (primary N) is 1. The minimum absolute atomic E-state index is 0.488. The molecular formula is C23H39N3S. The minimum Gasteiger partial charge on any atom is -0.348 e. The Hall–Kier alpha value is -0.610. The molecule has 3 aliphatic rings. The molecule has 4 heteroatoms. The van der Waals surface area contributed by atoms with Crippen LogP contribution in [0.25, 0.3) is 0 Å². The van der Waals surface area contributed by atoms with E-state index in [1.165, 1.54) is 55.8 Å². The first-order chi connectivity index (χ1) is 12.8. The molecule has 4 rings (SSSR count). The van der Waals surface area contributed by atoms with Crippen molar-refractivity contribution >= 4 is 16.5 Å². The van der Waals surface area contributed by atoms with Gasteiger partial charge in [0.1, 0.15) is 0 Å². The smallest absolute Gasteiger partial charge is 0.185 e. The second-order valence-corrected chi connectivity index (χ2v) is 11.8. The zero-order chi connectivity index (χ0) is 19.2. The topological polar surface area (TPSA) is 42.1 Å². The van der Waals surface area contributed by atoms with Gasteiger partial charge in [-0.3, -0.25) is 0 Å². The summed E-state index contributed by atoms with van der Waals surface area (Å²) in [6.07, 6.45) is 9.29. The second-order valence-electron chi connectivity index (χ2n) is 10.9. The van der Waals surface area contributed by atoms with E-state index in [1.807, 2.05) is 11.3 Å². The average molecular weight is 390 g/mol. The van der Waals surface area contributed by atoms with E-state index in [2.05, 4.69) is 38.0 Å². The van der Waals surface area contributed by atoms with Crippen molar-refractivity contribution in [1.82, 2.24) is 4.98 Å². The summed E-state index contributed by atoms with van der Waals surface area (Å²) in [6, 6.07) is 0. The van der Waals surface area contributed by atoms with E-state index in [0.29, 0.717) is 22.7 Å². The fourth-order valence-electron chi connectivity index (χ4n) is 6.22. The molecule has 0 radical (unpaired) electrons. The van der Waals surface area contributed by atoms with E-state index < -0.39 is 0 Å². The number of rotatable bonds is 3. The first kappa shape index (κ1) is 19.7. The van der Waals surface area contributed by atoms with Crippen molar-refractivity contribution in [2.45, 2.75) is 78.6 Å². The Balaban J connectivity index is 1.45. The standard InChI is InChI=1S/C23H39N3S/c1-22(2)9-10-23(3,4)19-13-17(5-6-18(19)22)20-15-27-21(25-20)26-11-7-16(14-24)8-12-26/h15-19H,5-14,24H2,1-4H3. The molecule has 2 aliphatic carbocycles. The van der Waals surface area contributed by atoms with Gasteiger partial charge in [-0.25, -0.2) is 4.98 Å². The maximum atomic E-state index is 5.85. The third kappa shape index (κ3) is 3.81. The molecule has 0 aromatic carbocycles. The Morgan fingerprint density at radius 1 is 1.04 bits per heavy atom. The lowest BCUT2D eigenvalue weighted by Crippen LogP contribution is -2.46.